The summed E-state index contributed by atoms with van der Waals surface area (Å²) in [6.45, 7) is 10.9. The van der Waals surface area contributed by atoms with E-state index in [4.69, 9.17) is 10.5 Å². The van der Waals surface area contributed by atoms with E-state index in [-0.39, 0.29) is 30.2 Å². The molecule has 0 fully saturated rings. The van der Waals surface area contributed by atoms with Crippen molar-refractivity contribution < 1.29 is 4.74 Å². The molecular formula is C15H29Cl2N3O. The van der Waals surface area contributed by atoms with Crippen molar-refractivity contribution in [2.45, 2.75) is 34.2 Å². The van der Waals surface area contributed by atoms with Gasteiger partial charge in [-0.25, -0.2) is 0 Å². The first-order valence-electron chi connectivity index (χ1n) is 6.68. The van der Waals surface area contributed by atoms with E-state index in [1.165, 1.54) is 0 Å². The molecule has 1 aromatic rings. The lowest BCUT2D eigenvalue weighted by Crippen LogP contribution is -2.36. The Balaban J connectivity index is 0. The summed E-state index contributed by atoms with van der Waals surface area (Å²) in [6.07, 6.45) is 1.88. The number of ether oxygens (including phenoxy) is 1. The SMILES string of the molecule is COc1c(C)cnc(CN(C)CC(C)(C)CN)c1C.Cl.Cl. The molecule has 21 heavy (non-hydrogen) atoms. The minimum Gasteiger partial charge on any atom is -0.496 e. The first kappa shape index (κ1) is 22.7. The first-order valence-corrected chi connectivity index (χ1v) is 6.68. The molecule has 1 heterocycles. The van der Waals surface area contributed by atoms with E-state index in [1.807, 2.05) is 13.1 Å². The summed E-state index contributed by atoms with van der Waals surface area (Å²) in [5.74, 6) is 0.941. The fourth-order valence-electron chi connectivity index (χ4n) is 2.34. The molecule has 0 spiro atoms. The average Bonchev–Trinajstić information content (AvgIpc) is 2.33. The van der Waals surface area contributed by atoms with Gasteiger partial charge in [-0.2, -0.15) is 0 Å². The Bertz CT molecular complexity index is 439. The highest BCUT2D eigenvalue weighted by atomic mass is 35.5. The molecule has 0 bridgehead atoms. The Morgan fingerprint density at radius 1 is 1.29 bits per heavy atom. The molecule has 0 aliphatic carbocycles. The number of nitrogens with two attached hydrogens (primary N) is 1. The van der Waals surface area contributed by atoms with Crippen LogP contribution >= 0.6 is 24.8 Å². The quantitative estimate of drug-likeness (QED) is 0.866. The van der Waals surface area contributed by atoms with Crippen LogP contribution in [0, 0.1) is 19.3 Å². The predicted octanol–water partition coefficient (Wildman–Crippen LogP) is 2.97. The molecule has 2 N–H and O–H groups in total. The van der Waals surface area contributed by atoms with Gasteiger partial charge in [0.2, 0.25) is 0 Å². The molecule has 0 atom stereocenters. The molecule has 4 nitrogen and oxygen atoms in total. The molecule has 0 saturated heterocycles. The second-order valence-electron chi connectivity index (χ2n) is 6.09. The van der Waals surface area contributed by atoms with E-state index in [2.05, 4.69) is 37.7 Å². The summed E-state index contributed by atoms with van der Waals surface area (Å²) in [4.78, 5) is 6.79. The summed E-state index contributed by atoms with van der Waals surface area (Å²) < 4.78 is 5.44. The zero-order valence-corrected chi connectivity index (χ0v) is 15.5. The fraction of sp³-hybridized carbons (Fsp3) is 0.667. The third kappa shape index (κ3) is 6.39. The lowest BCUT2D eigenvalue weighted by atomic mass is 9.93. The number of methoxy groups -OCH3 is 1. The van der Waals surface area contributed by atoms with E-state index in [1.54, 1.807) is 7.11 Å². The lowest BCUT2D eigenvalue weighted by molar-refractivity contribution is 0.207. The first-order chi connectivity index (χ1) is 8.80. The second kappa shape index (κ2) is 9.46. The van der Waals surface area contributed by atoms with Crippen molar-refractivity contribution in [1.29, 1.82) is 0 Å². The highest BCUT2D eigenvalue weighted by molar-refractivity contribution is 5.85. The molecule has 6 heteroatoms. The Morgan fingerprint density at radius 2 is 1.86 bits per heavy atom. The Hall–Kier alpha value is -0.550. The summed E-state index contributed by atoms with van der Waals surface area (Å²) in [5.41, 5.74) is 9.17. The number of hydrogen-bond donors (Lipinski definition) is 1. The van der Waals surface area contributed by atoms with Crippen molar-refractivity contribution in [3.63, 3.8) is 0 Å². The maximum absolute atomic E-state index is 5.78. The Morgan fingerprint density at radius 3 is 2.33 bits per heavy atom. The zero-order valence-electron chi connectivity index (χ0n) is 13.9. The van der Waals surface area contributed by atoms with Crippen molar-refractivity contribution in [2.24, 2.45) is 11.1 Å². The normalized spacial score (nSPS) is 10.9. The molecule has 0 amide bonds. The van der Waals surface area contributed by atoms with Gasteiger partial charge in [0.1, 0.15) is 5.75 Å². The molecule has 0 aliphatic heterocycles. The monoisotopic (exact) mass is 337 g/mol. The number of aromatic nitrogens is 1. The summed E-state index contributed by atoms with van der Waals surface area (Å²) in [7, 11) is 3.81. The Labute approximate surface area is 141 Å². The van der Waals surface area contributed by atoms with Gasteiger partial charge in [0.15, 0.2) is 0 Å². The molecule has 124 valence electrons. The van der Waals surface area contributed by atoms with Crippen molar-refractivity contribution in [2.75, 3.05) is 27.2 Å². The van der Waals surface area contributed by atoms with Crippen LogP contribution in [0.2, 0.25) is 0 Å². The molecule has 1 aromatic heterocycles. The van der Waals surface area contributed by atoms with Crippen molar-refractivity contribution in [1.82, 2.24) is 9.88 Å². The van der Waals surface area contributed by atoms with Gasteiger partial charge in [0.25, 0.3) is 0 Å². The number of nitrogens with zero attached hydrogens (tertiary/aromatic N) is 2. The van der Waals surface area contributed by atoms with Crippen molar-refractivity contribution in [3.8, 4) is 5.75 Å². The average molecular weight is 338 g/mol. The predicted molar refractivity (Wildman–Crippen MR) is 93.9 cm³/mol. The molecular weight excluding hydrogens is 309 g/mol. The molecule has 0 saturated carbocycles. The van der Waals surface area contributed by atoms with Gasteiger partial charge in [-0.3, -0.25) is 9.88 Å². The van der Waals surface area contributed by atoms with Gasteiger partial charge < -0.3 is 10.5 Å². The molecule has 0 aromatic carbocycles. The number of pyridine rings is 1. The van der Waals surface area contributed by atoms with E-state index >= 15 is 0 Å². The van der Waals surface area contributed by atoms with Crippen LogP contribution in [0.1, 0.15) is 30.7 Å². The fourth-order valence-corrected chi connectivity index (χ4v) is 2.34. The lowest BCUT2D eigenvalue weighted by Gasteiger charge is -2.29. The van der Waals surface area contributed by atoms with Gasteiger partial charge >= 0.3 is 0 Å². The van der Waals surface area contributed by atoms with Gasteiger partial charge in [-0.1, -0.05) is 13.8 Å². The van der Waals surface area contributed by atoms with E-state index in [0.717, 1.165) is 35.7 Å². The molecule has 0 radical (unpaired) electrons. The smallest absolute Gasteiger partial charge is 0.128 e. The van der Waals surface area contributed by atoms with E-state index in [0.29, 0.717) is 6.54 Å². The maximum Gasteiger partial charge on any atom is 0.128 e. The minimum absolute atomic E-state index is 0. The molecule has 0 unspecified atom stereocenters. The summed E-state index contributed by atoms with van der Waals surface area (Å²) >= 11 is 0. The standard InChI is InChI=1S/C15H27N3O.2ClH/c1-11-7-17-13(12(2)14(11)19-6)8-18(5)10-15(3,4)9-16;;/h7H,8-10,16H2,1-6H3;2*1H. The topological polar surface area (TPSA) is 51.4 Å². The van der Waals surface area contributed by atoms with Crippen LogP contribution in [0.4, 0.5) is 0 Å². The zero-order chi connectivity index (χ0) is 14.6. The number of halogens is 2. The minimum atomic E-state index is 0. The number of hydrogen-bond acceptors (Lipinski definition) is 4. The van der Waals surface area contributed by atoms with Crippen LogP contribution in [0.15, 0.2) is 6.20 Å². The van der Waals surface area contributed by atoms with Crippen LogP contribution in [-0.2, 0) is 6.54 Å². The summed E-state index contributed by atoms with van der Waals surface area (Å²) in [6, 6.07) is 0. The Kier molecular flexibility index (Phi) is 10.2. The van der Waals surface area contributed by atoms with Gasteiger partial charge in [0, 0.05) is 30.4 Å². The van der Waals surface area contributed by atoms with Gasteiger partial charge in [0.05, 0.1) is 12.8 Å². The van der Waals surface area contributed by atoms with Crippen LogP contribution in [0.5, 0.6) is 5.75 Å². The van der Waals surface area contributed by atoms with Gasteiger partial charge in [-0.15, -0.1) is 24.8 Å². The van der Waals surface area contributed by atoms with Gasteiger partial charge in [-0.05, 0) is 32.9 Å². The number of rotatable bonds is 6. The van der Waals surface area contributed by atoms with Crippen LogP contribution < -0.4 is 10.5 Å². The highest BCUT2D eigenvalue weighted by Crippen LogP contribution is 2.25. The van der Waals surface area contributed by atoms with E-state index in [9.17, 15) is 0 Å². The van der Waals surface area contributed by atoms with E-state index < -0.39 is 0 Å². The van der Waals surface area contributed by atoms with Crippen molar-refractivity contribution in [3.05, 3.63) is 23.0 Å². The van der Waals surface area contributed by atoms with Crippen LogP contribution in [0.25, 0.3) is 0 Å². The second-order valence-corrected chi connectivity index (χ2v) is 6.09. The largest absolute Gasteiger partial charge is 0.496 e. The molecule has 0 aliphatic rings. The highest BCUT2D eigenvalue weighted by Gasteiger charge is 2.19. The van der Waals surface area contributed by atoms with Crippen LogP contribution in [0.3, 0.4) is 0 Å². The molecule has 1 rings (SSSR count). The van der Waals surface area contributed by atoms with Crippen LogP contribution in [-0.4, -0.2) is 37.1 Å². The third-order valence-electron chi connectivity index (χ3n) is 3.42. The third-order valence-corrected chi connectivity index (χ3v) is 3.42. The summed E-state index contributed by atoms with van der Waals surface area (Å²) in [5, 5.41) is 0. The van der Waals surface area contributed by atoms with Crippen molar-refractivity contribution >= 4 is 24.8 Å². The number of aryl methyl sites for hydroxylation is 1. The maximum atomic E-state index is 5.78.